The highest BCUT2D eigenvalue weighted by molar-refractivity contribution is 5.91. The first-order valence-corrected chi connectivity index (χ1v) is 5.15. The van der Waals surface area contributed by atoms with E-state index in [0.717, 1.165) is 12.1 Å². The molecule has 1 fully saturated rings. The van der Waals surface area contributed by atoms with Crippen LogP contribution in [0.3, 0.4) is 0 Å². The number of hydrogen-bond acceptors (Lipinski definition) is 1. The van der Waals surface area contributed by atoms with Crippen molar-refractivity contribution < 1.29 is 22.4 Å². The summed E-state index contributed by atoms with van der Waals surface area (Å²) in [5.41, 5.74) is -1.79. The Bertz CT molecular complexity index is 472. The van der Waals surface area contributed by atoms with Crippen LogP contribution in [0, 0.1) is 5.82 Å². The Kier molecular flexibility index (Phi) is 2.52. The molecule has 0 atom stereocenters. The number of benzene rings is 1. The van der Waals surface area contributed by atoms with E-state index in [4.69, 9.17) is 0 Å². The zero-order valence-electron chi connectivity index (χ0n) is 9.07. The van der Waals surface area contributed by atoms with Crippen molar-refractivity contribution in [2.24, 2.45) is 0 Å². The van der Waals surface area contributed by atoms with E-state index in [1.807, 2.05) is 0 Å². The van der Waals surface area contributed by atoms with Crippen LogP contribution in [0.1, 0.15) is 30.9 Å². The van der Waals surface area contributed by atoms with Crippen molar-refractivity contribution in [3.63, 3.8) is 0 Å². The number of halogens is 4. The number of rotatable bonds is 2. The van der Waals surface area contributed by atoms with Crippen LogP contribution in [0.5, 0.6) is 0 Å². The summed E-state index contributed by atoms with van der Waals surface area (Å²) in [5.74, 6) is -1.17. The lowest BCUT2D eigenvalue weighted by Crippen LogP contribution is -2.18. The molecule has 1 aliphatic carbocycles. The average molecular weight is 246 g/mol. The number of carbonyl (C=O) groups is 1. The highest BCUT2D eigenvalue weighted by Crippen LogP contribution is 2.50. The van der Waals surface area contributed by atoms with Gasteiger partial charge in [-0.05, 0) is 43.5 Å². The standard InChI is InChI=1S/C12H10F4O/c1-7(17)11(2-3-11)8-4-9(12(14,15)16)6-10(13)5-8/h4-6H,2-3H2,1H3. The van der Waals surface area contributed by atoms with Gasteiger partial charge in [-0.3, -0.25) is 4.79 Å². The monoisotopic (exact) mass is 246 g/mol. The molecule has 0 saturated heterocycles. The smallest absolute Gasteiger partial charge is 0.299 e. The largest absolute Gasteiger partial charge is 0.416 e. The highest BCUT2D eigenvalue weighted by atomic mass is 19.4. The Hall–Kier alpha value is -1.39. The van der Waals surface area contributed by atoms with E-state index in [-0.39, 0.29) is 11.3 Å². The van der Waals surface area contributed by atoms with Gasteiger partial charge in [-0.15, -0.1) is 0 Å². The molecule has 1 nitrogen and oxygen atoms in total. The fraction of sp³-hybridized carbons (Fsp3) is 0.417. The molecule has 17 heavy (non-hydrogen) atoms. The molecule has 5 heteroatoms. The van der Waals surface area contributed by atoms with Crippen LogP contribution >= 0.6 is 0 Å². The number of carbonyl (C=O) groups excluding carboxylic acids is 1. The van der Waals surface area contributed by atoms with E-state index in [1.165, 1.54) is 6.92 Å². The Morgan fingerprint density at radius 2 is 1.82 bits per heavy atom. The van der Waals surface area contributed by atoms with Crippen LogP contribution < -0.4 is 0 Å². The van der Waals surface area contributed by atoms with Crippen molar-refractivity contribution in [2.45, 2.75) is 31.4 Å². The molecule has 1 aromatic carbocycles. The second kappa shape index (κ2) is 3.55. The third-order valence-electron chi connectivity index (χ3n) is 3.20. The van der Waals surface area contributed by atoms with Crippen molar-refractivity contribution in [1.82, 2.24) is 0 Å². The first kappa shape index (κ1) is 12.1. The molecule has 1 saturated carbocycles. The molecule has 0 aliphatic heterocycles. The maximum atomic E-state index is 13.2. The maximum absolute atomic E-state index is 13.2. The van der Waals surface area contributed by atoms with E-state index in [2.05, 4.69) is 0 Å². The number of hydrogen-bond donors (Lipinski definition) is 0. The normalized spacial score (nSPS) is 17.9. The molecule has 0 aromatic heterocycles. The molecule has 92 valence electrons. The molecule has 0 bridgehead atoms. The molecule has 0 unspecified atom stereocenters. The van der Waals surface area contributed by atoms with Crippen molar-refractivity contribution in [1.29, 1.82) is 0 Å². The molecular formula is C12H10F4O. The third-order valence-corrected chi connectivity index (χ3v) is 3.20. The van der Waals surface area contributed by atoms with Gasteiger partial charge >= 0.3 is 6.18 Å². The lowest BCUT2D eigenvalue weighted by Gasteiger charge is -2.15. The summed E-state index contributed by atoms with van der Waals surface area (Å²) < 4.78 is 50.7. The van der Waals surface area contributed by atoms with Gasteiger partial charge in [0, 0.05) is 0 Å². The molecule has 2 rings (SSSR count). The Balaban J connectivity index is 2.50. The van der Waals surface area contributed by atoms with Gasteiger partial charge in [0.15, 0.2) is 0 Å². The first-order chi connectivity index (χ1) is 7.75. The van der Waals surface area contributed by atoms with Crippen LogP contribution in [0.4, 0.5) is 17.6 Å². The summed E-state index contributed by atoms with van der Waals surface area (Å²) in [7, 11) is 0. The Morgan fingerprint density at radius 1 is 1.24 bits per heavy atom. The molecule has 0 amide bonds. The molecule has 0 N–H and O–H groups in total. The summed E-state index contributed by atoms with van der Waals surface area (Å²) in [4.78, 5) is 11.4. The first-order valence-electron chi connectivity index (χ1n) is 5.15. The van der Waals surface area contributed by atoms with Crippen LogP contribution in [-0.2, 0) is 16.4 Å². The van der Waals surface area contributed by atoms with E-state index in [9.17, 15) is 22.4 Å². The molecular weight excluding hydrogens is 236 g/mol. The zero-order chi connectivity index (χ0) is 12.8. The van der Waals surface area contributed by atoms with Crippen molar-refractivity contribution in [2.75, 3.05) is 0 Å². The summed E-state index contributed by atoms with van der Waals surface area (Å²) >= 11 is 0. The Labute approximate surface area is 95.4 Å². The van der Waals surface area contributed by atoms with Crippen molar-refractivity contribution >= 4 is 5.78 Å². The lowest BCUT2D eigenvalue weighted by atomic mass is 9.90. The van der Waals surface area contributed by atoms with Gasteiger partial charge in [0.2, 0.25) is 0 Å². The van der Waals surface area contributed by atoms with Gasteiger partial charge in [-0.1, -0.05) is 0 Å². The predicted molar refractivity (Wildman–Crippen MR) is 53.0 cm³/mol. The molecule has 0 radical (unpaired) electrons. The molecule has 1 aliphatic rings. The topological polar surface area (TPSA) is 17.1 Å². The van der Waals surface area contributed by atoms with Gasteiger partial charge in [0.25, 0.3) is 0 Å². The van der Waals surface area contributed by atoms with Crippen LogP contribution in [0.2, 0.25) is 0 Å². The second-order valence-electron chi connectivity index (χ2n) is 4.36. The van der Waals surface area contributed by atoms with E-state index in [0.29, 0.717) is 18.9 Å². The molecule has 1 aromatic rings. The van der Waals surface area contributed by atoms with E-state index >= 15 is 0 Å². The van der Waals surface area contributed by atoms with Crippen molar-refractivity contribution in [3.05, 3.63) is 35.1 Å². The predicted octanol–water partition coefficient (Wildman–Crippen LogP) is 3.47. The fourth-order valence-corrected chi connectivity index (χ4v) is 2.00. The lowest BCUT2D eigenvalue weighted by molar-refractivity contribution is -0.138. The van der Waals surface area contributed by atoms with Crippen molar-refractivity contribution in [3.8, 4) is 0 Å². The highest BCUT2D eigenvalue weighted by Gasteiger charge is 2.49. The minimum atomic E-state index is -4.59. The summed E-state index contributed by atoms with van der Waals surface area (Å²) in [6.45, 7) is 1.32. The van der Waals surface area contributed by atoms with Crippen LogP contribution in [0.15, 0.2) is 18.2 Å². The van der Waals surface area contributed by atoms with E-state index in [1.54, 1.807) is 0 Å². The number of Topliss-reactive ketones (excluding diaryl/α,β-unsaturated/α-hetero) is 1. The summed E-state index contributed by atoms with van der Waals surface area (Å²) in [5, 5.41) is 0. The maximum Gasteiger partial charge on any atom is 0.416 e. The fourth-order valence-electron chi connectivity index (χ4n) is 2.00. The number of alkyl halides is 3. The molecule has 0 spiro atoms. The van der Waals surface area contributed by atoms with E-state index < -0.39 is 23.0 Å². The minimum absolute atomic E-state index is 0.136. The van der Waals surface area contributed by atoms with Crippen LogP contribution in [-0.4, -0.2) is 5.78 Å². The van der Waals surface area contributed by atoms with Gasteiger partial charge in [-0.25, -0.2) is 4.39 Å². The summed E-state index contributed by atoms with van der Waals surface area (Å²) in [6.07, 6.45) is -3.62. The zero-order valence-corrected chi connectivity index (χ0v) is 9.07. The van der Waals surface area contributed by atoms with Crippen LogP contribution in [0.25, 0.3) is 0 Å². The summed E-state index contributed by atoms with van der Waals surface area (Å²) in [6, 6.07) is 2.33. The Morgan fingerprint density at radius 3 is 2.24 bits per heavy atom. The van der Waals surface area contributed by atoms with Gasteiger partial charge in [0.1, 0.15) is 11.6 Å². The van der Waals surface area contributed by atoms with Gasteiger partial charge in [-0.2, -0.15) is 13.2 Å². The minimum Gasteiger partial charge on any atom is -0.299 e. The quantitative estimate of drug-likeness (QED) is 0.730. The third kappa shape index (κ3) is 2.06. The van der Waals surface area contributed by atoms with Gasteiger partial charge < -0.3 is 0 Å². The second-order valence-corrected chi connectivity index (χ2v) is 4.36. The van der Waals surface area contributed by atoms with Gasteiger partial charge in [0.05, 0.1) is 11.0 Å². The average Bonchev–Trinajstić information content (AvgIpc) is 2.95. The molecule has 0 heterocycles. The SMILES string of the molecule is CC(=O)C1(c2cc(F)cc(C(F)(F)F)c2)CC1. The number of ketones is 1.